The van der Waals surface area contributed by atoms with Crippen molar-refractivity contribution < 1.29 is 4.74 Å². The summed E-state index contributed by atoms with van der Waals surface area (Å²) in [6, 6.07) is 8.15. The Balaban J connectivity index is 2.18. The van der Waals surface area contributed by atoms with Crippen LogP contribution in [0.2, 0.25) is 0 Å². The summed E-state index contributed by atoms with van der Waals surface area (Å²) in [5.41, 5.74) is 0.470. The molecule has 1 heterocycles. The number of hydrogen-bond acceptors (Lipinski definition) is 4. The van der Waals surface area contributed by atoms with Gasteiger partial charge in [-0.2, -0.15) is 5.26 Å². The molecular weight excluding hydrogens is 226 g/mol. The molecule has 1 aromatic heterocycles. The van der Waals surface area contributed by atoms with E-state index in [1.54, 1.807) is 13.2 Å². The number of rotatable bonds is 6. The van der Waals surface area contributed by atoms with Gasteiger partial charge in [-0.15, -0.1) is 0 Å². The first kappa shape index (κ1) is 12.8. The molecule has 0 bridgehead atoms. The van der Waals surface area contributed by atoms with Crippen LogP contribution in [0.25, 0.3) is 0 Å². The van der Waals surface area contributed by atoms with E-state index >= 15 is 0 Å². The van der Waals surface area contributed by atoms with Crippen molar-refractivity contribution >= 4 is 5.82 Å². The molecule has 1 aliphatic carbocycles. The lowest BCUT2D eigenvalue weighted by Gasteiger charge is -2.30. The molecule has 0 aromatic carbocycles. The highest BCUT2D eigenvalue weighted by molar-refractivity contribution is 5.43. The molecule has 1 aromatic rings. The Labute approximate surface area is 108 Å². The second-order valence-corrected chi connectivity index (χ2v) is 4.76. The zero-order valence-electron chi connectivity index (χ0n) is 11.0. The van der Waals surface area contributed by atoms with Crippen LogP contribution in [-0.4, -0.2) is 31.3 Å². The van der Waals surface area contributed by atoms with Gasteiger partial charge in [-0.3, -0.25) is 0 Å². The predicted molar refractivity (Wildman–Crippen MR) is 70.4 cm³/mol. The van der Waals surface area contributed by atoms with Crippen molar-refractivity contribution in [3.8, 4) is 6.07 Å². The van der Waals surface area contributed by atoms with Gasteiger partial charge in [0, 0.05) is 19.7 Å². The van der Waals surface area contributed by atoms with E-state index in [0.717, 1.165) is 18.3 Å². The Morgan fingerprint density at radius 1 is 1.56 bits per heavy atom. The lowest BCUT2D eigenvalue weighted by atomic mass is 10.2. The zero-order valence-corrected chi connectivity index (χ0v) is 11.0. The second kappa shape index (κ2) is 5.83. The molecule has 96 valence electrons. The quantitative estimate of drug-likeness (QED) is 0.771. The van der Waals surface area contributed by atoms with Gasteiger partial charge in [0.25, 0.3) is 0 Å². The fraction of sp³-hybridized carbons (Fsp3) is 0.571. The first-order valence-electron chi connectivity index (χ1n) is 6.39. The largest absolute Gasteiger partial charge is 0.383 e. The molecule has 4 nitrogen and oxygen atoms in total. The van der Waals surface area contributed by atoms with Crippen molar-refractivity contribution in [2.75, 3.05) is 25.2 Å². The van der Waals surface area contributed by atoms with E-state index in [-0.39, 0.29) is 0 Å². The van der Waals surface area contributed by atoms with Crippen molar-refractivity contribution in [3.05, 3.63) is 23.9 Å². The molecule has 18 heavy (non-hydrogen) atoms. The highest BCUT2D eigenvalue weighted by atomic mass is 16.5. The third-order valence-corrected chi connectivity index (χ3v) is 3.48. The van der Waals surface area contributed by atoms with Crippen LogP contribution in [-0.2, 0) is 4.74 Å². The van der Waals surface area contributed by atoms with Crippen LogP contribution in [0.1, 0.15) is 25.5 Å². The van der Waals surface area contributed by atoms with Crippen LogP contribution in [0.5, 0.6) is 0 Å². The van der Waals surface area contributed by atoms with E-state index in [2.05, 4.69) is 22.9 Å². The number of anilines is 1. The second-order valence-electron chi connectivity index (χ2n) is 4.76. The number of hydrogen-bond donors (Lipinski definition) is 0. The lowest BCUT2D eigenvalue weighted by Crippen LogP contribution is -2.37. The van der Waals surface area contributed by atoms with Crippen LogP contribution >= 0.6 is 0 Å². The Hall–Kier alpha value is -1.60. The SMILES string of the molecule is COCCN(c1cccc(C#N)n1)C(C)C1CC1. The molecular formula is C14H19N3O. The summed E-state index contributed by atoms with van der Waals surface area (Å²) in [7, 11) is 1.71. The van der Waals surface area contributed by atoms with Crippen LogP contribution in [0, 0.1) is 17.2 Å². The Kier molecular flexibility index (Phi) is 4.16. The summed E-state index contributed by atoms with van der Waals surface area (Å²) < 4.78 is 5.17. The summed E-state index contributed by atoms with van der Waals surface area (Å²) in [5.74, 6) is 1.64. The average molecular weight is 245 g/mol. The van der Waals surface area contributed by atoms with Gasteiger partial charge >= 0.3 is 0 Å². The number of pyridine rings is 1. The van der Waals surface area contributed by atoms with Crippen molar-refractivity contribution in [1.82, 2.24) is 4.98 Å². The smallest absolute Gasteiger partial charge is 0.142 e. The van der Waals surface area contributed by atoms with Crippen LogP contribution < -0.4 is 4.90 Å². The summed E-state index contributed by atoms with van der Waals surface area (Å²) in [6.07, 6.45) is 2.59. The first-order valence-corrected chi connectivity index (χ1v) is 6.39. The van der Waals surface area contributed by atoms with Crippen molar-refractivity contribution in [1.29, 1.82) is 5.26 Å². The molecule has 0 saturated heterocycles. The van der Waals surface area contributed by atoms with Crippen LogP contribution in [0.3, 0.4) is 0 Å². The van der Waals surface area contributed by atoms with E-state index in [0.29, 0.717) is 18.3 Å². The Morgan fingerprint density at radius 3 is 2.94 bits per heavy atom. The fourth-order valence-electron chi connectivity index (χ4n) is 2.20. The van der Waals surface area contributed by atoms with E-state index in [1.807, 2.05) is 12.1 Å². The van der Waals surface area contributed by atoms with Gasteiger partial charge < -0.3 is 9.64 Å². The van der Waals surface area contributed by atoms with Crippen molar-refractivity contribution in [2.24, 2.45) is 5.92 Å². The highest BCUT2D eigenvalue weighted by Gasteiger charge is 2.32. The molecule has 0 N–H and O–H groups in total. The maximum absolute atomic E-state index is 8.92. The number of nitrogens with zero attached hydrogens (tertiary/aromatic N) is 3. The number of ether oxygens (including phenoxy) is 1. The van der Waals surface area contributed by atoms with Gasteiger partial charge in [0.15, 0.2) is 0 Å². The number of nitriles is 1. The third-order valence-electron chi connectivity index (χ3n) is 3.48. The van der Waals surface area contributed by atoms with Gasteiger partial charge in [0.1, 0.15) is 17.6 Å². The first-order chi connectivity index (χ1) is 8.76. The van der Waals surface area contributed by atoms with Crippen molar-refractivity contribution in [2.45, 2.75) is 25.8 Å². The Morgan fingerprint density at radius 2 is 2.33 bits per heavy atom. The van der Waals surface area contributed by atoms with E-state index in [9.17, 15) is 0 Å². The monoisotopic (exact) mass is 245 g/mol. The van der Waals surface area contributed by atoms with Crippen LogP contribution in [0.15, 0.2) is 18.2 Å². The van der Waals surface area contributed by atoms with E-state index in [4.69, 9.17) is 10.00 Å². The maximum Gasteiger partial charge on any atom is 0.142 e. The Bertz CT molecular complexity index is 437. The normalized spacial score (nSPS) is 16.1. The summed E-state index contributed by atoms with van der Waals surface area (Å²) in [4.78, 5) is 6.64. The fourth-order valence-corrected chi connectivity index (χ4v) is 2.20. The summed E-state index contributed by atoms with van der Waals surface area (Å²) in [6.45, 7) is 3.72. The third kappa shape index (κ3) is 2.99. The predicted octanol–water partition coefficient (Wildman–Crippen LogP) is 2.20. The van der Waals surface area contributed by atoms with Gasteiger partial charge in [0.05, 0.1) is 6.61 Å². The van der Waals surface area contributed by atoms with Gasteiger partial charge in [-0.1, -0.05) is 6.07 Å². The zero-order chi connectivity index (χ0) is 13.0. The number of aromatic nitrogens is 1. The van der Waals surface area contributed by atoms with Crippen molar-refractivity contribution in [3.63, 3.8) is 0 Å². The summed E-state index contributed by atoms with van der Waals surface area (Å²) >= 11 is 0. The minimum atomic E-state index is 0.460. The molecule has 1 atom stereocenters. The molecule has 0 spiro atoms. The minimum absolute atomic E-state index is 0.460. The molecule has 0 amide bonds. The minimum Gasteiger partial charge on any atom is -0.383 e. The average Bonchev–Trinajstić information content (AvgIpc) is 3.23. The van der Waals surface area contributed by atoms with Gasteiger partial charge in [-0.25, -0.2) is 4.98 Å². The molecule has 1 saturated carbocycles. The van der Waals surface area contributed by atoms with Crippen LogP contribution in [0.4, 0.5) is 5.82 Å². The van der Waals surface area contributed by atoms with Gasteiger partial charge in [-0.05, 0) is 37.8 Å². The molecule has 2 rings (SSSR count). The molecule has 4 heteroatoms. The molecule has 0 radical (unpaired) electrons. The maximum atomic E-state index is 8.92. The van der Waals surface area contributed by atoms with E-state index in [1.165, 1.54) is 12.8 Å². The lowest BCUT2D eigenvalue weighted by molar-refractivity contribution is 0.202. The molecule has 1 unspecified atom stereocenters. The molecule has 1 fully saturated rings. The molecule has 1 aliphatic rings. The summed E-state index contributed by atoms with van der Waals surface area (Å²) in [5, 5.41) is 8.92. The standard InChI is InChI=1S/C14H19N3O/c1-11(12-6-7-12)17(8-9-18-2)14-5-3-4-13(10-15)16-14/h3-5,11-12H,6-9H2,1-2H3. The van der Waals surface area contributed by atoms with E-state index < -0.39 is 0 Å². The highest BCUT2D eigenvalue weighted by Crippen LogP contribution is 2.36. The number of methoxy groups -OCH3 is 1. The molecule has 0 aliphatic heterocycles. The topological polar surface area (TPSA) is 49.1 Å². The van der Waals surface area contributed by atoms with Gasteiger partial charge in [0.2, 0.25) is 0 Å².